The largest absolute Gasteiger partial charge is 0.497 e. The minimum Gasteiger partial charge on any atom is -0.497 e. The summed E-state index contributed by atoms with van der Waals surface area (Å²) in [6.45, 7) is 0. The molecule has 0 amide bonds. The van der Waals surface area contributed by atoms with Gasteiger partial charge in [0.1, 0.15) is 5.75 Å². The molecule has 0 atom stereocenters. The predicted molar refractivity (Wildman–Crippen MR) is 127 cm³/mol. The van der Waals surface area contributed by atoms with Gasteiger partial charge in [-0.15, -0.1) is 0 Å². The van der Waals surface area contributed by atoms with Crippen LogP contribution < -0.4 is 10.1 Å². The average Bonchev–Trinajstić information content (AvgIpc) is 2.86. The Kier molecular flexibility index (Phi) is 6.29. The third-order valence-electron chi connectivity index (χ3n) is 5.13. The van der Waals surface area contributed by atoms with Gasteiger partial charge in [0.25, 0.3) is 10.0 Å². The molecule has 1 aliphatic rings. The number of carbonyl (C=O) groups excluding carboxylic acids is 2. The molecule has 1 aliphatic carbocycles. The maximum atomic E-state index is 13.1. The summed E-state index contributed by atoms with van der Waals surface area (Å²) >= 11 is 0. The zero-order chi connectivity index (χ0) is 24.3. The van der Waals surface area contributed by atoms with Crippen molar-refractivity contribution in [3.63, 3.8) is 0 Å². The van der Waals surface area contributed by atoms with Gasteiger partial charge in [0, 0.05) is 16.8 Å². The van der Waals surface area contributed by atoms with Crippen molar-refractivity contribution in [1.29, 1.82) is 0 Å². The van der Waals surface area contributed by atoms with Crippen LogP contribution in [-0.4, -0.2) is 40.1 Å². The molecule has 0 radical (unpaired) electrons. The highest BCUT2D eigenvalue weighted by molar-refractivity contribution is 7.90. The predicted octanol–water partition coefficient (Wildman–Crippen LogP) is 3.85. The number of fused-ring (bicyclic) bond motifs is 1. The summed E-state index contributed by atoms with van der Waals surface area (Å²) in [5, 5.41) is 2.99. The summed E-state index contributed by atoms with van der Waals surface area (Å²) in [5.74, 6) is -0.273. The van der Waals surface area contributed by atoms with E-state index in [0.29, 0.717) is 28.1 Å². The van der Waals surface area contributed by atoms with Crippen LogP contribution in [0.5, 0.6) is 5.75 Å². The maximum Gasteiger partial charge on any atom is 0.337 e. The number of Topliss-reactive ketones (excluding diaryl/α,β-unsaturated/α-hetero) is 1. The summed E-state index contributed by atoms with van der Waals surface area (Å²) in [4.78, 5) is 24.7. The number of nitrogens with zero attached hydrogens (tertiary/aromatic N) is 1. The van der Waals surface area contributed by atoms with E-state index in [0.717, 1.165) is 0 Å². The minimum atomic E-state index is -4.06. The van der Waals surface area contributed by atoms with Gasteiger partial charge in [-0.25, -0.2) is 4.79 Å². The van der Waals surface area contributed by atoms with E-state index >= 15 is 0 Å². The van der Waals surface area contributed by atoms with Crippen LogP contribution in [0.3, 0.4) is 0 Å². The minimum absolute atomic E-state index is 0.00325. The molecule has 1 N–H and O–H groups in total. The van der Waals surface area contributed by atoms with Gasteiger partial charge in [0.15, 0.2) is 0 Å². The Morgan fingerprint density at radius 3 is 2.15 bits per heavy atom. The maximum absolute atomic E-state index is 13.1. The SMILES string of the molecule is COC(=O)c1ccc(NC2=C/C(=N\S(=O)(=O)c3ccc(OC)cc3)c3ccccc3C2=O)cc1. The molecule has 3 aromatic carbocycles. The molecule has 172 valence electrons. The zero-order valence-electron chi connectivity index (χ0n) is 18.3. The van der Waals surface area contributed by atoms with Gasteiger partial charge in [-0.05, 0) is 54.6 Å². The van der Waals surface area contributed by atoms with Crippen molar-refractivity contribution in [2.45, 2.75) is 4.90 Å². The Balaban J connectivity index is 1.73. The Morgan fingerprint density at radius 2 is 1.53 bits per heavy atom. The molecule has 0 unspecified atom stereocenters. The van der Waals surface area contributed by atoms with Crippen LogP contribution in [0.4, 0.5) is 5.69 Å². The van der Waals surface area contributed by atoms with Crippen LogP contribution in [0.15, 0.2) is 93.9 Å². The molecule has 0 fully saturated rings. The van der Waals surface area contributed by atoms with E-state index in [-0.39, 0.29) is 22.1 Å². The van der Waals surface area contributed by atoms with Crippen molar-refractivity contribution in [3.05, 3.63) is 101 Å². The number of anilines is 1. The number of allylic oxidation sites excluding steroid dienone is 2. The Hall–Kier alpha value is -4.24. The first-order valence-electron chi connectivity index (χ1n) is 10.1. The third kappa shape index (κ3) is 4.60. The topological polar surface area (TPSA) is 111 Å². The summed E-state index contributed by atoms with van der Waals surface area (Å²) < 4.78 is 39.8. The first-order chi connectivity index (χ1) is 16.3. The zero-order valence-corrected chi connectivity index (χ0v) is 19.1. The van der Waals surface area contributed by atoms with E-state index in [1.165, 1.54) is 44.6 Å². The standard InChI is InChI=1S/C25H20N2O6S/c1-32-18-11-13-19(14-12-18)34(30,31)27-22-15-23(24(28)21-6-4-3-5-20(21)22)26-17-9-7-16(8-10-17)25(29)33-2/h3-15,26H,1-2H3/b27-22+. The molecular formula is C25H20N2O6S. The number of esters is 1. The monoisotopic (exact) mass is 476 g/mol. The van der Waals surface area contributed by atoms with E-state index in [2.05, 4.69) is 14.5 Å². The van der Waals surface area contributed by atoms with Crippen molar-refractivity contribution >= 4 is 33.2 Å². The molecule has 9 heteroatoms. The lowest BCUT2D eigenvalue weighted by atomic mass is 9.92. The van der Waals surface area contributed by atoms with Crippen LogP contribution in [0.1, 0.15) is 26.3 Å². The molecule has 0 heterocycles. The summed E-state index contributed by atoms with van der Waals surface area (Å²) in [5.41, 5.74) is 1.89. The number of hydrogen-bond donors (Lipinski definition) is 1. The van der Waals surface area contributed by atoms with E-state index < -0.39 is 16.0 Å². The number of hydrogen-bond acceptors (Lipinski definition) is 7. The van der Waals surface area contributed by atoms with Crippen LogP contribution in [0.25, 0.3) is 0 Å². The van der Waals surface area contributed by atoms with E-state index in [1.54, 1.807) is 48.5 Å². The van der Waals surface area contributed by atoms with Crippen LogP contribution in [-0.2, 0) is 14.8 Å². The first kappa shape index (κ1) is 22.9. The lowest BCUT2D eigenvalue weighted by Crippen LogP contribution is -2.22. The second-order valence-electron chi connectivity index (χ2n) is 7.25. The Labute approximate surface area is 196 Å². The van der Waals surface area contributed by atoms with Crippen molar-refractivity contribution in [1.82, 2.24) is 0 Å². The molecule has 4 rings (SSSR count). The number of ketones is 1. The molecule has 0 spiro atoms. The lowest BCUT2D eigenvalue weighted by molar-refractivity contribution is 0.0600. The van der Waals surface area contributed by atoms with E-state index in [1.807, 2.05) is 0 Å². The highest BCUT2D eigenvalue weighted by atomic mass is 32.2. The summed E-state index contributed by atoms with van der Waals surface area (Å²) in [6, 6.07) is 18.9. The Morgan fingerprint density at radius 1 is 0.882 bits per heavy atom. The smallest absolute Gasteiger partial charge is 0.337 e. The fraction of sp³-hybridized carbons (Fsp3) is 0.0800. The quantitative estimate of drug-likeness (QED) is 0.538. The second kappa shape index (κ2) is 9.32. The molecule has 0 bridgehead atoms. The van der Waals surface area contributed by atoms with Gasteiger partial charge < -0.3 is 14.8 Å². The highest BCUT2D eigenvalue weighted by Gasteiger charge is 2.26. The molecular weight excluding hydrogens is 456 g/mol. The van der Waals surface area contributed by atoms with E-state index in [4.69, 9.17) is 4.74 Å². The molecule has 3 aromatic rings. The van der Waals surface area contributed by atoms with Crippen LogP contribution in [0, 0.1) is 0 Å². The van der Waals surface area contributed by atoms with Gasteiger partial charge in [0.2, 0.25) is 5.78 Å². The molecule has 34 heavy (non-hydrogen) atoms. The number of sulfonamides is 1. The number of ether oxygens (including phenoxy) is 2. The van der Waals surface area contributed by atoms with Gasteiger partial charge >= 0.3 is 5.97 Å². The van der Waals surface area contributed by atoms with Crippen LogP contribution >= 0.6 is 0 Å². The number of carbonyl (C=O) groups is 2. The second-order valence-corrected chi connectivity index (χ2v) is 8.86. The molecule has 0 saturated heterocycles. The lowest BCUT2D eigenvalue weighted by Gasteiger charge is -2.19. The number of nitrogens with one attached hydrogen (secondary N) is 1. The Bertz CT molecular complexity index is 1420. The van der Waals surface area contributed by atoms with Gasteiger partial charge in [-0.3, -0.25) is 4.79 Å². The number of rotatable bonds is 6. The van der Waals surface area contributed by atoms with E-state index in [9.17, 15) is 18.0 Å². The van der Waals surface area contributed by atoms with Crippen molar-refractivity contribution in [3.8, 4) is 5.75 Å². The normalized spacial score (nSPS) is 14.2. The van der Waals surface area contributed by atoms with Crippen LogP contribution in [0.2, 0.25) is 0 Å². The summed E-state index contributed by atoms with van der Waals surface area (Å²) in [7, 11) is -1.28. The van der Waals surface area contributed by atoms with Crippen molar-refractivity contribution < 1.29 is 27.5 Å². The van der Waals surface area contributed by atoms with Crippen molar-refractivity contribution in [2.24, 2.45) is 4.40 Å². The molecule has 0 saturated carbocycles. The van der Waals surface area contributed by atoms with Gasteiger partial charge in [-0.2, -0.15) is 12.8 Å². The first-order valence-corrected chi connectivity index (χ1v) is 11.6. The van der Waals surface area contributed by atoms with Gasteiger partial charge in [0.05, 0.1) is 36.1 Å². The number of benzene rings is 3. The highest BCUT2D eigenvalue weighted by Crippen LogP contribution is 2.26. The average molecular weight is 477 g/mol. The fourth-order valence-electron chi connectivity index (χ4n) is 3.39. The van der Waals surface area contributed by atoms with Gasteiger partial charge in [-0.1, -0.05) is 24.3 Å². The molecule has 8 nitrogen and oxygen atoms in total. The van der Waals surface area contributed by atoms with Crippen molar-refractivity contribution in [2.75, 3.05) is 19.5 Å². The molecule has 0 aliphatic heterocycles. The number of methoxy groups -OCH3 is 2. The fourth-order valence-corrected chi connectivity index (χ4v) is 4.39. The summed E-state index contributed by atoms with van der Waals surface area (Å²) in [6.07, 6.45) is 1.40. The third-order valence-corrected chi connectivity index (χ3v) is 6.44. The molecule has 0 aromatic heterocycles.